The van der Waals surface area contributed by atoms with E-state index in [-0.39, 0.29) is 36.9 Å². The molecule has 5 N–H and O–H groups in total. The van der Waals surface area contributed by atoms with Crippen molar-refractivity contribution in [2.75, 3.05) is 6.54 Å². The van der Waals surface area contributed by atoms with Crippen molar-refractivity contribution in [2.45, 2.75) is 116 Å². The van der Waals surface area contributed by atoms with Gasteiger partial charge in [-0.25, -0.2) is 4.79 Å². The molecule has 0 aromatic heterocycles. The first-order valence-electron chi connectivity index (χ1n) is 16.2. The maximum Gasteiger partial charge on any atom is 0.315 e. The number of likely N-dealkylation sites (tertiary alicyclic amines) is 1. The van der Waals surface area contributed by atoms with E-state index < -0.39 is 64.2 Å². The molecule has 5 amide bonds. The first-order chi connectivity index (χ1) is 21.9. The lowest BCUT2D eigenvalue weighted by Gasteiger charge is -2.36. The number of Topliss-reactive ketones (excluding diaryl/α,β-unsaturated/α-hetero) is 2. The van der Waals surface area contributed by atoms with Crippen LogP contribution in [0.3, 0.4) is 0 Å². The van der Waals surface area contributed by atoms with Crippen molar-refractivity contribution < 1.29 is 33.6 Å². The second kappa shape index (κ2) is 13.8. The number of amides is 5. The Morgan fingerprint density at radius 3 is 2.23 bits per heavy atom. The molecule has 1 aromatic rings. The third kappa shape index (κ3) is 8.97. The SMILES string of the molecule is CCC[C@H](NC(=O)[C@@H]1C[C@]2(C=C(C(=O)c3ccccc3)NO2)CN1C(=O)[C@@H](NC(=O)NC(C)(C)C)C(C)(C)C)C(=O)C(=O)NC1CC1. The first-order valence-corrected chi connectivity index (χ1v) is 16.2. The number of carbonyl (C=O) groups excluding carboxylic acids is 6. The van der Waals surface area contributed by atoms with Crippen LogP contribution in [0.4, 0.5) is 4.79 Å². The van der Waals surface area contributed by atoms with E-state index in [1.54, 1.807) is 57.2 Å². The lowest BCUT2D eigenvalue weighted by molar-refractivity contribution is -0.144. The predicted octanol–water partition coefficient (Wildman–Crippen LogP) is 2.27. The Hall–Kier alpha value is -4.26. The topological polar surface area (TPSA) is 175 Å². The molecule has 4 atom stereocenters. The van der Waals surface area contributed by atoms with E-state index in [9.17, 15) is 28.8 Å². The van der Waals surface area contributed by atoms with Gasteiger partial charge in [0, 0.05) is 23.6 Å². The maximum atomic E-state index is 14.4. The van der Waals surface area contributed by atoms with Crippen LogP contribution in [-0.4, -0.2) is 82.1 Å². The number of rotatable bonds is 11. The number of hydrogen-bond acceptors (Lipinski definition) is 8. The second-order valence-electron chi connectivity index (χ2n) is 14.8. The van der Waals surface area contributed by atoms with Gasteiger partial charge in [-0.1, -0.05) is 64.4 Å². The third-order valence-corrected chi connectivity index (χ3v) is 8.21. The van der Waals surface area contributed by atoms with Crippen LogP contribution in [-0.2, 0) is 24.0 Å². The summed E-state index contributed by atoms with van der Waals surface area (Å²) in [6, 6.07) is 4.73. The number of ketones is 2. The molecule has 13 heteroatoms. The van der Waals surface area contributed by atoms with E-state index in [2.05, 4.69) is 26.7 Å². The molecular weight excluding hydrogens is 604 g/mol. The van der Waals surface area contributed by atoms with Gasteiger partial charge in [0.1, 0.15) is 23.4 Å². The summed E-state index contributed by atoms with van der Waals surface area (Å²) >= 11 is 0. The fourth-order valence-electron chi connectivity index (χ4n) is 5.67. The van der Waals surface area contributed by atoms with Crippen LogP contribution < -0.4 is 26.7 Å². The number of nitrogens with zero attached hydrogens (tertiary/aromatic N) is 1. The highest BCUT2D eigenvalue weighted by Gasteiger charge is 2.54. The molecule has 4 rings (SSSR count). The summed E-state index contributed by atoms with van der Waals surface area (Å²) in [6.45, 7) is 12.6. The van der Waals surface area contributed by atoms with Gasteiger partial charge >= 0.3 is 6.03 Å². The van der Waals surface area contributed by atoms with E-state index in [1.165, 1.54) is 4.90 Å². The summed E-state index contributed by atoms with van der Waals surface area (Å²) in [5.74, 6) is -3.01. The zero-order valence-electron chi connectivity index (χ0n) is 28.3. The van der Waals surface area contributed by atoms with Crippen LogP contribution >= 0.6 is 0 Å². The Bertz CT molecular complexity index is 1430. The highest BCUT2D eigenvalue weighted by atomic mass is 16.7. The molecule has 0 unspecified atom stereocenters. The van der Waals surface area contributed by atoms with Gasteiger partial charge in [0.05, 0.1) is 12.6 Å². The summed E-state index contributed by atoms with van der Waals surface area (Å²) in [6.07, 6.45) is 3.89. The van der Waals surface area contributed by atoms with Gasteiger partial charge in [-0.2, -0.15) is 0 Å². The van der Waals surface area contributed by atoms with Crippen LogP contribution in [0.15, 0.2) is 42.1 Å². The number of benzene rings is 1. The van der Waals surface area contributed by atoms with Crippen molar-refractivity contribution in [3.8, 4) is 0 Å². The van der Waals surface area contributed by atoms with Gasteiger partial charge in [0.15, 0.2) is 0 Å². The predicted molar refractivity (Wildman–Crippen MR) is 174 cm³/mol. The van der Waals surface area contributed by atoms with E-state index in [4.69, 9.17) is 4.84 Å². The number of urea groups is 1. The quantitative estimate of drug-likeness (QED) is 0.179. The van der Waals surface area contributed by atoms with Crippen LogP contribution in [0.1, 0.15) is 90.9 Å². The average Bonchev–Trinajstić information content (AvgIpc) is 3.58. The van der Waals surface area contributed by atoms with Gasteiger partial charge in [-0.05, 0) is 51.5 Å². The standard InChI is InChI=1S/C34H48N6O7/c1-8-12-22(26(42)29(44)35-21-15-16-21)36-28(43)24-18-34(17-23(39-47-34)25(41)20-13-10-9-11-14-20)19-40(24)30(45)27(32(2,3)4)37-31(46)38-33(5,6)7/h9-11,13-14,17,21-22,24,27,39H,8,12,15-16,18-19H2,1-7H3,(H,35,44)(H,36,43)(H2,37,38,46)/t22-,24-,27+,34+/m0/s1. The molecule has 1 aromatic carbocycles. The first kappa shape index (κ1) is 35.6. The molecule has 2 heterocycles. The van der Waals surface area contributed by atoms with E-state index in [0.717, 1.165) is 12.8 Å². The second-order valence-corrected chi connectivity index (χ2v) is 14.8. The lowest BCUT2D eigenvalue weighted by Crippen LogP contribution is -2.61. The minimum atomic E-state index is -1.26. The molecule has 1 saturated heterocycles. The largest absolute Gasteiger partial charge is 0.347 e. The Labute approximate surface area is 275 Å². The third-order valence-electron chi connectivity index (χ3n) is 8.21. The number of carbonyl (C=O) groups is 6. The number of hydroxylamine groups is 1. The Morgan fingerprint density at radius 2 is 1.66 bits per heavy atom. The molecule has 1 aliphatic carbocycles. The monoisotopic (exact) mass is 652 g/mol. The van der Waals surface area contributed by atoms with Crippen LogP contribution in [0, 0.1) is 5.41 Å². The smallest absolute Gasteiger partial charge is 0.315 e. The Kier molecular flexibility index (Phi) is 10.5. The number of nitrogens with one attached hydrogen (secondary N) is 5. The normalized spacial score (nSPS) is 22.1. The maximum absolute atomic E-state index is 14.4. The molecule has 256 valence electrons. The molecule has 2 aliphatic heterocycles. The lowest BCUT2D eigenvalue weighted by atomic mass is 9.85. The van der Waals surface area contributed by atoms with Crippen LogP contribution in [0.5, 0.6) is 0 Å². The van der Waals surface area contributed by atoms with Crippen molar-refractivity contribution >= 4 is 35.3 Å². The van der Waals surface area contributed by atoms with Crippen molar-refractivity contribution in [3.63, 3.8) is 0 Å². The molecule has 47 heavy (non-hydrogen) atoms. The molecule has 2 fully saturated rings. The minimum absolute atomic E-state index is 0.0314. The molecule has 0 radical (unpaired) electrons. The minimum Gasteiger partial charge on any atom is -0.347 e. The highest BCUT2D eigenvalue weighted by Crippen LogP contribution is 2.37. The van der Waals surface area contributed by atoms with Crippen LogP contribution in [0.25, 0.3) is 0 Å². The molecule has 1 spiro atoms. The average molecular weight is 653 g/mol. The van der Waals surface area contributed by atoms with Gasteiger partial charge < -0.3 is 26.2 Å². The summed E-state index contributed by atoms with van der Waals surface area (Å²) in [5.41, 5.74) is 0.682. The summed E-state index contributed by atoms with van der Waals surface area (Å²) in [4.78, 5) is 87.6. The van der Waals surface area contributed by atoms with Gasteiger partial charge in [0.2, 0.25) is 23.4 Å². The Balaban J connectivity index is 1.64. The van der Waals surface area contributed by atoms with Gasteiger partial charge in [0.25, 0.3) is 5.91 Å². The van der Waals surface area contributed by atoms with Crippen molar-refractivity contribution in [1.29, 1.82) is 0 Å². The molecule has 13 nitrogen and oxygen atoms in total. The van der Waals surface area contributed by atoms with Crippen LogP contribution in [0.2, 0.25) is 0 Å². The van der Waals surface area contributed by atoms with Crippen molar-refractivity contribution in [2.24, 2.45) is 5.41 Å². The van der Waals surface area contributed by atoms with Crippen molar-refractivity contribution in [3.05, 3.63) is 47.7 Å². The fourth-order valence-corrected chi connectivity index (χ4v) is 5.67. The molecule has 0 bridgehead atoms. The molecular formula is C34H48N6O7. The fraction of sp³-hybridized carbons (Fsp3) is 0.588. The zero-order chi connectivity index (χ0) is 34.7. The number of allylic oxidation sites excluding steroid dienone is 1. The van der Waals surface area contributed by atoms with Gasteiger partial charge in [-0.3, -0.25) is 34.3 Å². The van der Waals surface area contributed by atoms with E-state index in [0.29, 0.717) is 12.0 Å². The number of hydrogen-bond donors (Lipinski definition) is 5. The van der Waals surface area contributed by atoms with Crippen molar-refractivity contribution in [1.82, 2.24) is 31.6 Å². The zero-order valence-corrected chi connectivity index (χ0v) is 28.3. The summed E-state index contributed by atoms with van der Waals surface area (Å²) < 4.78 is 0. The van der Waals surface area contributed by atoms with E-state index >= 15 is 0 Å². The highest BCUT2D eigenvalue weighted by molar-refractivity contribution is 6.38. The molecule has 3 aliphatic rings. The Morgan fingerprint density at radius 1 is 1.00 bits per heavy atom. The summed E-state index contributed by atoms with van der Waals surface area (Å²) in [5, 5.41) is 11.0. The summed E-state index contributed by atoms with van der Waals surface area (Å²) in [7, 11) is 0. The van der Waals surface area contributed by atoms with Gasteiger partial charge in [-0.15, -0.1) is 0 Å². The molecule has 1 saturated carbocycles. The van der Waals surface area contributed by atoms with E-state index in [1.807, 2.05) is 27.7 Å².